The number of thiazole rings is 1. The smallest absolute Gasteiger partial charge is 0.264 e. The van der Waals surface area contributed by atoms with Gasteiger partial charge in [0.05, 0.1) is 22.2 Å². The van der Waals surface area contributed by atoms with E-state index in [4.69, 9.17) is 32.3 Å². The Balaban J connectivity index is 0.00000484. The van der Waals surface area contributed by atoms with Crippen molar-refractivity contribution < 1.29 is 36.0 Å². The minimum atomic E-state index is -3.99. The molecular weight excluding hydrogens is 663 g/mol. The number of nitrogens with zero attached hydrogens (tertiary/aromatic N) is 2. The van der Waals surface area contributed by atoms with Crippen molar-refractivity contribution in [2.24, 2.45) is 0 Å². The number of thioether (sulfide) groups is 1. The van der Waals surface area contributed by atoms with Crippen LogP contribution in [0.25, 0.3) is 16.3 Å². The van der Waals surface area contributed by atoms with Crippen molar-refractivity contribution >= 4 is 88.5 Å². The lowest BCUT2D eigenvalue weighted by atomic mass is 10.2. The van der Waals surface area contributed by atoms with E-state index in [1.807, 2.05) is 66.8 Å². The van der Waals surface area contributed by atoms with E-state index in [-0.39, 0.29) is 17.0 Å². The van der Waals surface area contributed by atoms with Crippen molar-refractivity contribution in [3.63, 3.8) is 0 Å². The monoisotopic (exact) mass is 692 g/mol. The summed E-state index contributed by atoms with van der Waals surface area (Å²) in [6.07, 6.45) is 11.6. The Hall–Kier alpha value is -1.94. The van der Waals surface area contributed by atoms with Crippen LogP contribution >= 0.6 is 46.3 Å². The molecule has 1 aliphatic rings. The highest BCUT2D eigenvalue weighted by Crippen LogP contribution is 2.47. The van der Waals surface area contributed by atoms with Gasteiger partial charge < -0.3 is 10.4 Å². The SMILES string of the molecule is O=S(=O)(O)CCCCN1C(=CC=CC=Cc2sc3ccc(Cl)cc3[n+]2CCCCS(=O)(=O)O)Sc2ccc(Cl)cc21.[OH-]. The molecule has 1 aromatic heterocycles. The van der Waals surface area contributed by atoms with E-state index >= 15 is 0 Å². The van der Waals surface area contributed by atoms with Crippen molar-refractivity contribution in [3.05, 3.63) is 80.8 Å². The maximum absolute atomic E-state index is 11.1. The summed E-state index contributed by atoms with van der Waals surface area (Å²) in [5, 5.41) is 3.18. The molecule has 3 N–H and O–H groups in total. The first kappa shape index (κ1) is 34.5. The van der Waals surface area contributed by atoms with Gasteiger partial charge in [-0.25, -0.2) is 0 Å². The Labute approximate surface area is 264 Å². The van der Waals surface area contributed by atoms with Crippen LogP contribution < -0.4 is 9.47 Å². The van der Waals surface area contributed by atoms with Gasteiger partial charge >= 0.3 is 0 Å². The second kappa shape index (κ2) is 15.2. The van der Waals surface area contributed by atoms with Crippen LogP contribution in [0.5, 0.6) is 0 Å². The van der Waals surface area contributed by atoms with Crippen molar-refractivity contribution in [2.45, 2.75) is 37.1 Å². The number of rotatable bonds is 13. The summed E-state index contributed by atoms with van der Waals surface area (Å²) in [6.45, 7) is 1.15. The molecule has 0 fully saturated rings. The molecule has 15 heteroatoms. The van der Waals surface area contributed by atoms with Crippen LogP contribution in [0.1, 0.15) is 30.7 Å². The fourth-order valence-corrected chi connectivity index (χ4v) is 7.94. The van der Waals surface area contributed by atoms with Gasteiger partial charge in [-0.1, -0.05) is 64.5 Å². The summed E-state index contributed by atoms with van der Waals surface area (Å²) in [5.41, 5.74) is 1.92. The third-order valence-corrected chi connectivity index (χ3v) is 10.5. The van der Waals surface area contributed by atoms with Gasteiger partial charge in [-0.15, -0.1) is 0 Å². The highest BCUT2D eigenvalue weighted by molar-refractivity contribution is 8.03. The molecule has 2 heterocycles. The number of benzene rings is 2. The number of fused-ring (bicyclic) bond motifs is 2. The highest BCUT2D eigenvalue weighted by Gasteiger charge is 2.25. The number of hydrogen-bond donors (Lipinski definition) is 2. The number of halogens is 2. The number of unbranched alkanes of at least 4 members (excludes halogenated alkanes) is 2. The Kier molecular flexibility index (Phi) is 12.5. The van der Waals surface area contributed by atoms with Crippen molar-refractivity contribution in [2.75, 3.05) is 23.0 Å². The molecule has 0 radical (unpaired) electrons. The summed E-state index contributed by atoms with van der Waals surface area (Å²) < 4.78 is 65.6. The predicted octanol–water partition coefficient (Wildman–Crippen LogP) is 6.68. The normalized spacial score (nSPS) is 14.9. The fourth-order valence-electron chi connectivity index (χ4n) is 4.31. The maximum atomic E-state index is 11.1. The minimum absolute atomic E-state index is 0. The van der Waals surface area contributed by atoms with Crippen LogP contribution in [0.2, 0.25) is 10.0 Å². The summed E-state index contributed by atoms with van der Waals surface area (Å²) >= 11 is 15.7. The Bertz CT molecular complexity index is 1720. The van der Waals surface area contributed by atoms with Crippen LogP contribution in [0, 0.1) is 0 Å². The average Bonchev–Trinajstić information content (AvgIpc) is 3.39. The average molecular weight is 694 g/mol. The van der Waals surface area contributed by atoms with Gasteiger partial charge in [-0.2, -0.15) is 21.4 Å². The zero-order valence-electron chi connectivity index (χ0n) is 22.3. The molecule has 0 atom stereocenters. The number of allylic oxidation sites excluding steroid dienone is 4. The zero-order chi connectivity index (χ0) is 29.6. The number of anilines is 1. The molecule has 0 unspecified atom stereocenters. The van der Waals surface area contributed by atoms with Gasteiger partial charge in [-0.3, -0.25) is 9.11 Å². The molecule has 0 bridgehead atoms. The van der Waals surface area contributed by atoms with Gasteiger partial charge in [0.15, 0.2) is 6.54 Å². The molecule has 2 aromatic carbocycles. The molecule has 3 aromatic rings. The minimum Gasteiger partial charge on any atom is -0.870 e. The van der Waals surface area contributed by atoms with Gasteiger partial charge in [0.1, 0.15) is 4.70 Å². The van der Waals surface area contributed by atoms with E-state index < -0.39 is 20.2 Å². The second-order valence-corrected chi connectivity index (χ2v) is 15.4. The lowest BCUT2D eigenvalue weighted by molar-refractivity contribution is -0.669. The molecule has 0 saturated carbocycles. The quantitative estimate of drug-likeness (QED) is 0.0867. The van der Waals surface area contributed by atoms with E-state index in [0.29, 0.717) is 48.8 Å². The first-order valence-electron chi connectivity index (χ1n) is 12.7. The summed E-state index contributed by atoms with van der Waals surface area (Å²) in [6, 6.07) is 11.4. The first-order chi connectivity index (χ1) is 19.4. The van der Waals surface area contributed by atoms with E-state index in [0.717, 1.165) is 30.8 Å². The maximum Gasteiger partial charge on any atom is 0.264 e. The fraction of sp³-hybridized carbons (Fsp3) is 0.296. The Morgan fingerprint density at radius 3 is 2.24 bits per heavy atom. The molecular formula is C27H30Cl2N2O7S4. The molecule has 0 amide bonds. The topological polar surface area (TPSA) is 146 Å². The standard InChI is InChI=1S/C27H28Cl2N2O6S4.H2O/c28-20-10-12-24-22(18-20)30(14-4-6-16-40(32,33)34)26(38-24)8-2-1-3-9-27-31(15-5-7-17-41(35,36)37)23-19-21(29)11-13-25(23)39-27;/h1-3,8-13,18-19H,4-7,14-17H2,(H-,32,33,34,35,36,37);1H2. The Morgan fingerprint density at radius 2 is 1.52 bits per heavy atom. The van der Waals surface area contributed by atoms with E-state index in [2.05, 4.69) is 9.47 Å². The molecule has 0 saturated heterocycles. The predicted molar refractivity (Wildman–Crippen MR) is 171 cm³/mol. The molecule has 0 aliphatic carbocycles. The molecule has 4 rings (SSSR count). The van der Waals surface area contributed by atoms with Gasteiger partial charge in [0, 0.05) is 40.0 Å². The largest absolute Gasteiger partial charge is 0.870 e. The third-order valence-electron chi connectivity index (χ3n) is 6.15. The van der Waals surface area contributed by atoms with Crippen molar-refractivity contribution in [1.29, 1.82) is 0 Å². The molecule has 9 nitrogen and oxygen atoms in total. The van der Waals surface area contributed by atoms with Crippen LogP contribution in [0.15, 0.2) is 70.6 Å². The second-order valence-electron chi connectivity index (χ2n) is 9.30. The third kappa shape index (κ3) is 10.1. The van der Waals surface area contributed by atoms with E-state index in [1.54, 1.807) is 23.1 Å². The van der Waals surface area contributed by atoms with E-state index in [9.17, 15) is 16.8 Å². The van der Waals surface area contributed by atoms with Crippen LogP contribution in [-0.2, 0) is 26.8 Å². The van der Waals surface area contributed by atoms with Crippen LogP contribution in [-0.4, -0.2) is 49.5 Å². The molecule has 0 spiro atoms. The number of aryl methyl sites for hydroxylation is 1. The van der Waals surface area contributed by atoms with E-state index in [1.165, 1.54) is 0 Å². The lowest BCUT2D eigenvalue weighted by Crippen LogP contribution is -2.35. The van der Waals surface area contributed by atoms with Crippen molar-refractivity contribution in [1.82, 2.24) is 0 Å². The molecule has 42 heavy (non-hydrogen) atoms. The van der Waals surface area contributed by atoms with Crippen LogP contribution in [0.3, 0.4) is 0 Å². The van der Waals surface area contributed by atoms with Crippen molar-refractivity contribution in [3.8, 4) is 0 Å². The number of aromatic nitrogens is 1. The van der Waals surface area contributed by atoms with Gasteiger partial charge in [0.25, 0.3) is 25.2 Å². The molecule has 228 valence electrons. The molecule has 1 aliphatic heterocycles. The zero-order valence-corrected chi connectivity index (χ0v) is 27.0. The summed E-state index contributed by atoms with van der Waals surface area (Å²) in [7, 11) is -7.98. The summed E-state index contributed by atoms with van der Waals surface area (Å²) in [4.78, 5) is 3.15. The lowest BCUT2D eigenvalue weighted by Gasteiger charge is -2.20. The summed E-state index contributed by atoms with van der Waals surface area (Å²) in [5.74, 6) is -0.546. The van der Waals surface area contributed by atoms with Gasteiger partial charge in [-0.05, 0) is 55.7 Å². The van der Waals surface area contributed by atoms with Crippen LogP contribution in [0.4, 0.5) is 5.69 Å². The first-order valence-corrected chi connectivity index (χ1v) is 18.3. The highest BCUT2D eigenvalue weighted by atomic mass is 35.5. The van der Waals surface area contributed by atoms with Gasteiger partial charge in [0.2, 0.25) is 5.52 Å². The number of hydrogen-bond acceptors (Lipinski definition) is 8. The Morgan fingerprint density at radius 1 is 0.857 bits per heavy atom.